The van der Waals surface area contributed by atoms with Crippen LogP contribution in [-0.4, -0.2) is 41.6 Å². The first-order valence-electron chi connectivity index (χ1n) is 7.60. The van der Waals surface area contributed by atoms with E-state index in [9.17, 15) is 4.79 Å². The zero-order valence-electron chi connectivity index (χ0n) is 12.7. The highest BCUT2D eigenvalue weighted by Gasteiger charge is 2.20. The lowest BCUT2D eigenvalue weighted by Crippen LogP contribution is -2.42. The predicted molar refractivity (Wildman–Crippen MR) is 77.8 cm³/mol. The summed E-state index contributed by atoms with van der Waals surface area (Å²) in [5.74, 6) is 0.538. The Kier molecular flexibility index (Phi) is 5.17. The largest absolute Gasteiger partial charge is 0.361 e. The van der Waals surface area contributed by atoms with Gasteiger partial charge in [-0.2, -0.15) is 0 Å². The second-order valence-electron chi connectivity index (χ2n) is 5.55. The zero-order valence-corrected chi connectivity index (χ0v) is 12.7. The molecule has 112 valence electrons. The molecule has 20 heavy (non-hydrogen) atoms. The van der Waals surface area contributed by atoms with Crippen LogP contribution in [0.2, 0.25) is 0 Å². The number of hydrogen-bond acceptors (Lipinski definition) is 4. The van der Waals surface area contributed by atoms with Crippen LogP contribution in [0.3, 0.4) is 0 Å². The van der Waals surface area contributed by atoms with Crippen molar-refractivity contribution < 1.29 is 9.32 Å². The van der Waals surface area contributed by atoms with Crippen LogP contribution in [0.5, 0.6) is 0 Å². The molecule has 2 heterocycles. The van der Waals surface area contributed by atoms with Gasteiger partial charge >= 0.3 is 0 Å². The molecule has 0 bridgehead atoms. The molecule has 0 aromatic carbocycles. The minimum Gasteiger partial charge on any atom is -0.361 e. The van der Waals surface area contributed by atoms with E-state index in [1.807, 2.05) is 6.92 Å². The smallest absolute Gasteiger partial charge is 0.256 e. The van der Waals surface area contributed by atoms with E-state index in [-0.39, 0.29) is 5.91 Å². The lowest BCUT2D eigenvalue weighted by atomic mass is 10.0. The Bertz CT molecular complexity index is 456. The second kappa shape index (κ2) is 6.88. The molecule has 1 atom stereocenters. The van der Waals surface area contributed by atoms with Gasteiger partial charge in [0, 0.05) is 19.1 Å². The summed E-state index contributed by atoms with van der Waals surface area (Å²) in [6.07, 6.45) is 4.56. The van der Waals surface area contributed by atoms with Gasteiger partial charge < -0.3 is 9.84 Å². The number of nitrogens with zero attached hydrogens (tertiary/aromatic N) is 2. The Labute approximate surface area is 120 Å². The monoisotopic (exact) mass is 279 g/mol. The average molecular weight is 279 g/mol. The molecule has 1 fully saturated rings. The topological polar surface area (TPSA) is 58.4 Å². The third-order valence-corrected chi connectivity index (χ3v) is 4.12. The van der Waals surface area contributed by atoms with Gasteiger partial charge in [0.25, 0.3) is 5.91 Å². The van der Waals surface area contributed by atoms with Gasteiger partial charge in [0.05, 0.1) is 5.69 Å². The van der Waals surface area contributed by atoms with Crippen molar-refractivity contribution in [1.29, 1.82) is 0 Å². The van der Waals surface area contributed by atoms with E-state index in [4.69, 9.17) is 4.52 Å². The van der Waals surface area contributed by atoms with E-state index in [1.165, 1.54) is 19.3 Å². The number of piperidine rings is 1. The predicted octanol–water partition coefficient (Wildman–Crippen LogP) is 2.15. The Morgan fingerprint density at radius 2 is 2.30 bits per heavy atom. The standard InChI is InChI=1S/C15H25N3O2/c1-4-13-14(12(3)20-17-13)15(19)16-8-10-18-9-6-5-7-11(18)2/h11H,4-10H2,1-3H3,(H,16,19)/t11-/m0/s1. The normalized spacial score (nSPS) is 20.1. The van der Waals surface area contributed by atoms with Crippen molar-refractivity contribution >= 4 is 5.91 Å². The summed E-state index contributed by atoms with van der Waals surface area (Å²) in [5, 5.41) is 6.91. The number of nitrogens with one attached hydrogen (secondary N) is 1. The van der Waals surface area contributed by atoms with Gasteiger partial charge in [-0.3, -0.25) is 9.69 Å². The van der Waals surface area contributed by atoms with Gasteiger partial charge in [0.1, 0.15) is 11.3 Å². The van der Waals surface area contributed by atoms with Crippen LogP contribution < -0.4 is 5.32 Å². The molecule has 1 saturated heterocycles. The third-order valence-electron chi connectivity index (χ3n) is 4.12. The highest BCUT2D eigenvalue weighted by Crippen LogP contribution is 2.16. The number of carbonyl (C=O) groups excluding carboxylic acids is 1. The van der Waals surface area contributed by atoms with Crippen molar-refractivity contribution in [2.45, 2.75) is 52.5 Å². The summed E-state index contributed by atoms with van der Waals surface area (Å²) in [6.45, 7) is 8.76. The first kappa shape index (κ1) is 15.0. The molecule has 0 saturated carbocycles. The molecule has 1 N–H and O–H groups in total. The van der Waals surface area contributed by atoms with Gasteiger partial charge in [0.2, 0.25) is 0 Å². The zero-order chi connectivity index (χ0) is 14.5. The first-order chi connectivity index (χ1) is 9.63. The van der Waals surface area contributed by atoms with Gasteiger partial charge in [0.15, 0.2) is 0 Å². The molecule has 0 radical (unpaired) electrons. The Hall–Kier alpha value is -1.36. The summed E-state index contributed by atoms with van der Waals surface area (Å²) >= 11 is 0. The highest BCUT2D eigenvalue weighted by atomic mass is 16.5. The summed E-state index contributed by atoms with van der Waals surface area (Å²) in [5.41, 5.74) is 1.35. The fraction of sp³-hybridized carbons (Fsp3) is 0.733. The SMILES string of the molecule is CCc1noc(C)c1C(=O)NCCN1CCCC[C@@H]1C. The maximum Gasteiger partial charge on any atom is 0.256 e. The van der Waals surface area contributed by atoms with E-state index < -0.39 is 0 Å². The maximum atomic E-state index is 12.2. The molecule has 0 unspecified atom stereocenters. The van der Waals surface area contributed by atoms with Gasteiger partial charge in [-0.15, -0.1) is 0 Å². The Balaban J connectivity index is 1.84. The molecule has 1 aliphatic heterocycles. The number of likely N-dealkylation sites (tertiary alicyclic amines) is 1. The molecule has 5 nitrogen and oxygen atoms in total. The molecule has 1 amide bonds. The van der Waals surface area contributed by atoms with Crippen LogP contribution >= 0.6 is 0 Å². The van der Waals surface area contributed by atoms with Crippen molar-refractivity contribution in [2.24, 2.45) is 0 Å². The Morgan fingerprint density at radius 3 is 3.00 bits per heavy atom. The number of carbonyl (C=O) groups is 1. The van der Waals surface area contributed by atoms with Crippen LogP contribution in [0.1, 0.15) is 54.9 Å². The van der Waals surface area contributed by atoms with Gasteiger partial charge in [-0.25, -0.2) is 0 Å². The van der Waals surface area contributed by atoms with Crippen LogP contribution in [0.25, 0.3) is 0 Å². The van der Waals surface area contributed by atoms with E-state index in [0.717, 1.165) is 18.8 Å². The van der Waals surface area contributed by atoms with Crippen molar-refractivity contribution in [3.05, 3.63) is 17.0 Å². The van der Waals surface area contributed by atoms with Crippen LogP contribution in [0, 0.1) is 6.92 Å². The number of aryl methyl sites for hydroxylation is 2. The molecular weight excluding hydrogens is 254 g/mol. The number of hydrogen-bond donors (Lipinski definition) is 1. The molecule has 1 aliphatic rings. The Morgan fingerprint density at radius 1 is 1.50 bits per heavy atom. The fourth-order valence-corrected chi connectivity index (χ4v) is 2.84. The van der Waals surface area contributed by atoms with Crippen molar-refractivity contribution in [3.63, 3.8) is 0 Å². The molecule has 1 aromatic rings. The summed E-state index contributed by atoms with van der Waals surface area (Å²) in [6, 6.07) is 0.629. The summed E-state index contributed by atoms with van der Waals surface area (Å²) < 4.78 is 5.10. The number of amides is 1. The van der Waals surface area contributed by atoms with Gasteiger partial charge in [-0.05, 0) is 39.7 Å². The minimum atomic E-state index is -0.0646. The van der Waals surface area contributed by atoms with Crippen LogP contribution in [0.4, 0.5) is 0 Å². The molecule has 5 heteroatoms. The van der Waals surface area contributed by atoms with E-state index in [2.05, 4.69) is 22.3 Å². The lowest BCUT2D eigenvalue weighted by Gasteiger charge is -2.33. The van der Waals surface area contributed by atoms with Crippen molar-refractivity contribution in [3.8, 4) is 0 Å². The fourth-order valence-electron chi connectivity index (χ4n) is 2.84. The molecule has 0 spiro atoms. The van der Waals surface area contributed by atoms with Crippen molar-refractivity contribution in [2.75, 3.05) is 19.6 Å². The quantitative estimate of drug-likeness (QED) is 0.897. The van der Waals surface area contributed by atoms with E-state index >= 15 is 0 Å². The molecular formula is C15H25N3O2. The van der Waals surface area contributed by atoms with E-state index in [1.54, 1.807) is 6.92 Å². The van der Waals surface area contributed by atoms with Crippen LogP contribution in [-0.2, 0) is 6.42 Å². The van der Waals surface area contributed by atoms with E-state index in [0.29, 0.717) is 30.3 Å². The molecule has 2 rings (SSSR count). The summed E-state index contributed by atoms with van der Waals surface area (Å²) in [4.78, 5) is 14.6. The third kappa shape index (κ3) is 3.39. The minimum absolute atomic E-state index is 0.0646. The summed E-state index contributed by atoms with van der Waals surface area (Å²) in [7, 11) is 0. The van der Waals surface area contributed by atoms with Gasteiger partial charge in [-0.1, -0.05) is 18.5 Å². The lowest BCUT2D eigenvalue weighted by molar-refractivity contribution is 0.0936. The van der Waals surface area contributed by atoms with Crippen LogP contribution in [0.15, 0.2) is 4.52 Å². The maximum absolute atomic E-state index is 12.2. The molecule has 1 aromatic heterocycles. The highest BCUT2D eigenvalue weighted by molar-refractivity contribution is 5.96. The second-order valence-corrected chi connectivity index (χ2v) is 5.55. The average Bonchev–Trinajstić information content (AvgIpc) is 2.82. The first-order valence-corrected chi connectivity index (χ1v) is 7.60. The number of aromatic nitrogens is 1. The molecule has 0 aliphatic carbocycles. The number of rotatable bonds is 5. The van der Waals surface area contributed by atoms with Crippen molar-refractivity contribution in [1.82, 2.24) is 15.4 Å².